The zero-order valence-corrected chi connectivity index (χ0v) is 4.71. The van der Waals surface area contributed by atoms with Crippen LogP contribution in [0.3, 0.4) is 0 Å². The zero-order valence-electron chi connectivity index (χ0n) is 4.71. The first kappa shape index (κ1) is 4.77. The van der Waals surface area contributed by atoms with Gasteiger partial charge in [-0.25, -0.2) is 0 Å². The van der Waals surface area contributed by atoms with Crippen molar-refractivity contribution >= 4 is 0 Å². The Kier molecular flexibility index (Phi) is 0.866. The van der Waals surface area contributed by atoms with E-state index in [2.05, 4.69) is 0 Å². The minimum atomic E-state index is -0.145. The number of hydrogen-bond donors (Lipinski definition) is 1. The third-order valence-electron chi connectivity index (χ3n) is 1.99. The molecule has 0 bridgehead atoms. The fourth-order valence-corrected chi connectivity index (χ4v) is 1.42. The lowest BCUT2D eigenvalue weighted by molar-refractivity contribution is 0.124. The molecule has 1 saturated heterocycles. The molecular formula is C6H10O2. The number of aliphatic hydroxyl groups is 1. The summed E-state index contributed by atoms with van der Waals surface area (Å²) in [5.74, 6) is 0. The Labute approximate surface area is 48.5 Å². The standard InChI is InChI=1S/C6H10O2/c7-4-2-1-3-5-6(4)8-5/h4-7H,1-3H2/t4-,5-,6+/m1/s1. The first-order chi connectivity index (χ1) is 3.88. The van der Waals surface area contributed by atoms with E-state index in [0.717, 1.165) is 12.8 Å². The predicted octanol–water partition coefficient (Wildman–Crippen LogP) is 0.299. The Morgan fingerprint density at radius 1 is 1.38 bits per heavy atom. The van der Waals surface area contributed by atoms with Crippen molar-refractivity contribution in [1.82, 2.24) is 0 Å². The van der Waals surface area contributed by atoms with Crippen LogP contribution in [-0.4, -0.2) is 23.4 Å². The Morgan fingerprint density at radius 2 is 2.25 bits per heavy atom. The molecule has 1 N–H and O–H groups in total. The Balaban J connectivity index is 1.99. The van der Waals surface area contributed by atoms with Crippen LogP contribution in [0.1, 0.15) is 19.3 Å². The smallest absolute Gasteiger partial charge is 0.110 e. The van der Waals surface area contributed by atoms with Crippen LogP contribution in [0.4, 0.5) is 0 Å². The molecule has 2 rings (SSSR count). The van der Waals surface area contributed by atoms with E-state index in [1.165, 1.54) is 6.42 Å². The van der Waals surface area contributed by atoms with Crippen LogP contribution in [0.2, 0.25) is 0 Å². The molecule has 1 saturated carbocycles. The first-order valence-electron chi connectivity index (χ1n) is 3.21. The summed E-state index contributed by atoms with van der Waals surface area (Å²) >= 11 is 0. The van der Waals surface area contributed by atoms with Gasteiger partial charge in [-0.05, 0) is 19.3 Å². The fraction of sp³-hybridized carbons (Fsp3) is 1.00. The topological polar surface area (TPSA) is 32.8 Å². The van der Waals surface area contributed by atoms with Crippen molar-refractivity contribution in [3.05, 3.63) is 0 Å². The van der Waals surface area contributed by atoms with Crippen LogP contribution >= 0.6 is 0 Å². The molecule has 0 radical (unpaired) electrons. The maximum atomic E-state index is 9.09. The summed E-state index contributed by atoms with van der Waals surface area (Å²) in [6.45, 7) is 0. The van der Waals surface area contributed by atoms with Crippen molar-refractivity contribution in [2.45, 2.75) is 37.6 Å². The van der Waals surface area contributed by atoms with E-state index < -0.39 is 0 Å². The van der Waals surface area contributed by atoms with Gasteiger partial charge >= 0.3 is 0 Å². The quantitative estimate of drug-likeness (QED) is 0.459. The van der Waals surface area contributed by atoms with Crippen molar-refractivity contribution in [1.29, 1.82) is 0 Å². The lowest BCUT2D eigenvalue weighted by Gasteiger charge is -2.10. The molecule has 0 aromatic rings. The summed E-state index contributed by atoms with van der Waals surface area (Å²) in [6, 6.07) is 0. The van der Waals surface area contributed by atoms with E-state index in [1.807, 2.05) is 0 Å². The average Bonchev–Trinajstić information content (AvgIpc) is 2.45. The summed E-state index contributed by atoms with van der Waals surface area (Å²) < 4.78 is 5.14. The third kappa shape index (κ3) is 0.565. The first-order valence-corrected chi connectivity index (χ1v) is 3.21. The molecule has 0 unspecified atom stereocenters. The SMILES string of the molecule is O[C@@H]1CCC[C@H]2O[C@@H]12. The van der Waals surface area contributed by atoms with Crippen molar-refractivity contribution in [2.75, 3.05) is 0 Å². The van der Waals surface area contributed by atoms with Crippen molar-refractivity contribution < 1.29 is 9.84 Å². The molecule has 1 aliphatic carbocycles. The lowest BCUT2D eigenvalue weighted by Crippen LogP contribution is -2.20. The molecule has 0 spiro atoms. The summed E-state index contributed by atoms with van der Waals surface area (Å²) in [7, 11) is 0. The van der Waals surface area contributed by atoms with Crippen molar-refractivity contribution in [2.24, 2.45) is 0 Å². The van der Waals surface area contributed by atoms with Crippen molar-refractivity contribution in [3.63, 3.8) is 0 Å². The maximum Gasteiger partial charge on any atom is 0.110 e. The Morgan fingerprint density at radius 3 is 2.88 bits per heavy atom. The molecule has 2 nitrogen and oxygen atoms in total. The van der Waals surface area contributed by atoms with Gasteiger partial charge in [-0.3, -0.25) is 0 Å². The van der Waals surface area contributed by atoms with E-state index in [1.54, 1.807) is 0 Å². The van der Waals surface area contributed by atoms with Gasteiger partial charge in [-0.1, -0.05) is 0 Å². The van der Waals surface area contributed by atoms with Gasteiger partial charge in [-0.15, -0.1) is 0 Å². The molecule has 2 fully saturated rings. The second kappa shape index (κ2) is 1.45. The molecule has 46 valence electrons. The monoisotopic (exact) mass is 114 g/mol. The van der Waals surface area contributed by atoms with Gasteiger partial charge in [0.25, 0.3) is 0 Å². The number of ether oxygens (including phenoxy) is 1. The van der Waals surface area contributed by atoms with E-state index in [9.17, 15) is 0 Å². The van der Waals surface area contributed by atoms with Gasteiger partial charge < -0.3 is 9.84 Å². The minimum Gasteiger partial charge on any atom is -0.390 e. The molecule has 0 aromatic heterocycles. The number of aliphatic hydroxyl groups excluding tert-OH is 1. The minimum absolute atomic E-state index is 0.145. The highest BCUT2D eigenvalue weighted by Gasteiger charge is 2.46. The summed E-state index contributed by atoms with van der Waals surface area (Å²) in [6.07, 6.45) is 3.77. The summed E-state index contributed by atoms with van der Waals surface area (Å²) in [5.41, 5.74) is 0. The normalized spacial score (nSPS) is 52.9. The molecule has 0 amide bonds. The third-order valence-corrected chi connectivity index (χ3v) is 1.99. The van der Waals surface area contributed by atoms with E-state index in [4.69, 9.17) is 9.84 Å². The number of fused-ring (bicyclic) bond motifs is 1. The molecule has 0 aromatic carbocycles. The van der Waals surface area contributed by atoms with Gasteiger partial charge in [-0.2, -0.15) is 0 Å². The van der Waals surface area contributed by atoms with Crippen LogP contribution in [0.15, 0.2) is 0 Å². The molecule has 1 aliphatic heterocycles. The van der Waals surface area contributed by atoms with E-state index in [-0.39, 0.29) is 12.2 Å². The largest absolute Gasteiger partial charge is 0.390 e. The zero-order chi connectivity index (χ0) is 5.56. The lowest BCUT2D eigenvalue weighted by atomic mass is 9.98. The summed E-state index contributed by atoms with van der Waals surface area (Å²) in [5, 5.41) is 9.09. The van der Waals surface area contributed by atoms with Crippen LogP contribution in [-0.2, 0) is 4.74 Å². The highest BCUT2D eigenvalue weighted by Crippen LogP contribution is 2.36. The van der Waals surface area contributed by atoms with Gasteiger partial charge in [0.05, 0.1) is 12.2 Å². The van der Waals surface area contributed by atoms with Gasteiger partial charge in [0.1, 0.15) is 6.10 Å². The second-order valence-corrected chi connectivity index (χ2v) is 2.64. The molecular weight excluding hydrogens is 104 g/mol. The molecule has 1 heterocycles. The maximum absolute atomic E-state index is 9.09. The van der Waals surface area contributed by atoms with E-state index >= 15 is 0 Å². The van der Waals surface area contributed by atoms with Gasteiger partial charge in [0.15, 0.2) is 0 Å². The fourth-order valence-electron chi connectivity index (χ4n) is 1.42. The highest BCUT2D eigenvalue weighted by molar-refractivity contribution is 4.94. The number of rotatable bonds is 0. The van der Waals surface area contributed by atoms with Crippen LogP contribution in [0, 0.1) is 0 Å². The van der Waals surface area contributed by atoms with Crippen molar-refractivity contribution in [3.8, 4) is 0 Å². The number of hydrogen-bond acceptors (Lipinski definition) is 2. The molecule has 2 aliphatic rings. The van der Waals surface area contributed by atoms with Gasteiger partial charge in [0, 0.05) is 0 Å². The molecule has 3 atom stereocenters. The Bertz CT molecular complexity index is 103. The molecule has 8 heavy (non-hydrogen) atoms. The highest BCUT2D eigenvalue weighted by atomic mass is 16.6. The predicted molar refractivity (Wildman–Crippen MR) is 28.5 cm³/mol. The van der Waals surface area contributed by atoms with Crippen LogP contribution in [0.25, 0.3) is 0 Å². The molecule has 2 heteroatoms. The van der Waals surface area contributed by atoms with Crippen LogP contribution in [0.5, 0.6) is 0 Å². The average molecular weight is 114 g/mol. The summed E-state index contributed by atoms with van der Waals surface area (Å²) in [4.78, 5) is 0. The van der Waals surface area contributed by atoms with E-state index in [0.29, 0.717) is 6.10 Å². The second-order valence-electron chi connectivity index (χ2n) is 2.64. The Hall–Kier alpha value is -0.0800. The van der Waals surface area contributed by atoms with Crippen LogP contribution < -0.4 is 0 Å². The number of epoxide rings is 1. The van der Waals surface area contributed by atoms with Gasteiger partial charge in [0.2, 0.25) is 0 Å².